The molecule has 0 aromatic rings. The predicted molar refractivity (Wildman–Crippen MR) is 46.7 cm³/mol. The Labute approximate surface area is 81.7 Å². The molecule has 0 bridgehead atoms. The SMILES string of the molecule is COC1CCC(O)(C(F)C(=O)O)CC1. The zero-order valence-electron chi connectivity index (χ0n) is 8.07. The highest BCUT2D eigenvalue weighted by Crippen LogP contribution is 2.33. The Morgan fingerprint density at radius 1 is 1.57 bits per heavy atom. The number of halogens is 1. The van der Waals surface area contributed by atoms with Gasteiger partial charge in [-0.3, -0.25) is 0 Å². The Morgan fingerprint density at radius 2 is 2.07 bits per heavy atom. The van der Waals surface area contributed by atoms with Crippen molar-refractivity contribution in [3.63, 3.8) is 0 Å². The summed E-state index contributed by atoms with van der Waals surface area (Å²) in [5.41, 5.74) is -1.71. The third kappa shape index (κ3) is 2.22. The van der Waals surface area contributed by atoms with Crippen molar-refractivity contribution >= 4 is 5.97 Å². The highest BCUT2D eigenvalue weighted by molar-refractivity contribution is 5.73. The Kier molecular flexibility index (Phi) is 3.44. The van der Waals surface area contributed by atoms with Gasteiger partial charge < -0.3 is 14.9 Å². The summed E-state index contributed by atoms with van der Waals surface area (Å²) in [6, 6.07) is 0. The average molecular weight is 206 g/mol. The smallest absolute Gasteiger partial charge is 0.341 e. The molecule has 0 spiro atoms. The molecule has 1 saturated carbocycles. The predicted octanol–water partition coefficient (Wildman–Crippen LogP) is 0.729. The van der Waals surface area contributed by atoms with Gasteiger partial charge in [0, 0.05) is 7.11 Å². The van der Waals surface area contributed by atoms with Gasteiger partial charge in [0.25, 0.3) is 0 Å². The Hall–Kier alpha value is -0.680. The van der Waals surface area contributed by atoms with Crippen LogP contribution in [0.25, 0.3) is 0 Å². The van der Waals surface area contributed by atoms with E-state index in [1.807, 2.05) is 0 Å². The van der Waals surface area contributed by atoms with Crippen LogP contribution in [-0.4, -0.2) is 41.2 Å². The number of carboxylic acid groups (broad SMARTS) is 1. The standard InChI is InChI=1S/C9H15FO4/c1-14-6-2-4-9(13,5-3-6)7(10)8(11)12/h6-7,13H,2-5H2,1H3,(H,11,12). The summed E-state index contributed by atoms with van der Waals surface area (Å²) in [4.78, 5) is 10.4. The first kappa shape index (κ1) is 11.4. The summed E-state index contributed by atoms with van der Waals surface area (Å²) in [6.45, 7) is 0. The van der Waals surface area contributed by atoms with Crippen LogP contribution in [0.4, 0.5) is 4.39 Å². The molecule has 0 aliphatic heterocycles. The maximum Gasteiger partial charge on any atom is 0.341 e. The lowest BCUT2D eigenvalue weighted by Gasteiger charge is -2.35. The van der Waals surface area contributed by atoms with Gasteiger partial charge in [0.1, 0.15) is 5.60 Å². The molecule has 0 aromatic heterocycles. The van der Waals surface area contributed by atoms with Crippen LogP contribution in [0.2, 0.25) is 0 Å². The number of rotatable bonds is 3. The third-order valence-corrected chi connectivity index (χ3v) is 2.82. The van der Waals surface area contributed by atoms with E-state index in [0.29, 0.717) is 12.8 Å². The van der Waals surface area contributed by atoms with Crippen LogP contribution in [0.5, 0.6) is 0 Å². The van der Waals surface area contributed by atoms with Crippen molar-refractivity contribution in [2.24, 2.45) is 0 Å². The molecule has 14 heavy (non-hydrogen) atoms. The third-order valence-electron chi connectivity index (χ3n) is 2.82. The van der Waals surface area contributed by atoms with Crippen molar-refractivity contribution in [1.29, 1.82) is 0 Å². The summed E-state index contributed by atoms with van der Waals surface area (Å²) < 4.78 is 18.2. The van der Waals surface area contributed by atoms with E-state index in [9.17, 15) is 14.3 Å². The van der Waals surface area contributed by atoms with Crippen LogP contribution in [0.1, 0.15) is 25.7 Å². The second kappa shape index (κ2) is 4.23. The fourth-order valence-corrected chi connectivity index (χ4v) is 1.81. The van der Waals surface area contributed by atoms with E-state index in [4.69, 9.17) is 9.84 Å². The molecular weight excluding hydrogens is 191 g/mol. The van der Waals surface area contributed by atoms with Crippen LogP contribution in [0.15, 0.2) is 0 Å². The molecule has 4 nitrogen and oxygen atoms in total. The monoisotopic (exact) mass is 206 g/mol. The van der Waals surface area contributed by atoms with Gasteiger partial charge >= 0.3 is 5.97 Å². The second-order valence-corrected chi connectivity index (χ2v) is 3.74. The molecule has 0 radical (unpaired) electrons. The van der Waals surface area contributed by atoms with Crippen molar-refractivity contribution in [2.75, 3.05) is 7.11 Å². The van der Waals surface area contributed by atoms with Gasteiger partial charge in [-0.05, 0) is 25.7 Å². The molecule has 0 heterocycles. The summed E-state index contributed by atoms with van der Waals surface area (Å²) >= 11 is 0. The molecule has 1 rings (SSSR count). The van der Waals surface area contributed by atoms with E-state index in [2.05, 4.69) is 0 Å². The Balaban J connectivity index is 2.57. The summed E-state index contributed by atoms with van der Waals surface area (Å²) in [7, 11) is 1.55. The van der Waals surface area contributed by atoms with Gasteiger partial charge in [-0.15, -0.1) is 0 Å². The molecule has 1 aliphatic carbocycles. The molecule has 0 aromatic carbocycles. The molecule has 0 saturated heterocycles. The van der Waals surface area contributed by atoms with E-state index in [1.165, 1.54) is 0 Å². The Morgan fingerprint density at radius 3 is 2.43 bits per heavy atom. The number of carbonyl (C=O) groups is 1. The highest BCUT2D eigenvalue weighted by Gasteiger charge is 2.44. The maximum atomic E-state index is 13.1. The lowest BCUT2D eigenvalue weighted by molar-refractivity contribution is -0.159. The molecule has 2 N–H and O–H groups in total. The Bertz CT molecular complexity index is 211. The normalized spacial score (nSPS) is 35.2. The molecule has 1 aliphatic rings. The largest absolute Gasteiger partial charge is 0.479 e. The summed E-state index contributed by atoms with van der Waals surface area (Å²) in [6.07, 6.45) is -0.907. The minimum atomic E-state index is -2.19. The number of aliphatic hydroxyl groups is 1. The van der Waals surface area contributed by atoms with E-state index >= 15 is 0 Å². The van der Waals surface area contributed by atoms with E-state index in [-0.39, 0.29) is 18.9 Å². The highest BCUT2D eigenvalue weighted by atomic mass is 19.1. The van der Waals surface area contributed by atoms with Gasteiger partial charge in [-0.25, -0.2) is 9.18 Å². The second-order valence-electron chi connectivity index (χ2n) is 3.74. The van der Waals surface area contributed by atoms with Gasteiger partial charge in [0.2, 0.25) is 6.17 Å². The van der Waals surface area contributed by atoms with E-state index in [1.54, 1.807) is 7.11 Å². The minimum absolute atomic E-state index is 0.0104. The van der Waals surface area contributed by atoms with Crippen molar-refractivity contribution in [3.05, 3.63) is 0 Å². The molecule has 1 fully saturated rings. The maximum absolute atomic E-state index is 13.1. The van der Waals surface area contributed by atoms with Crippen LogP contribution < -0.4 is 0 Å². The van der Waals surface area contributed by atoms with Gasteiger partial charge in [-0.2, -0.15) is 0 Å². The van der Waals surface area contributed by atoms with E-state index < -0.39 is 17.7 Å². The van der Waals surface area contributed by atoms with E-state index in [0.717, 1.165) is 0 Å². The van der Waals surface area contributed by atoms with Crippen LogP contribution in [-0.2, 0) is 9.53 Å². The fourth-order valence-electron chi connectivity index (χ4n) is 1.81. The van der Waals surface area contributed by atoms with Gasteiger partial charge in [-0.1, -0.05) is 0 Å². The molecule has 5 heteroatoms. The lowest BCUT2D eigenvalue weighted by Crippen LogP contribution is -2.47. The first-order valence-corrected chi connectivity index (χ1v) is 4.61. The lowest BCUT2D eigenvalue weighted by atomic mass is 9.80. The zero-order chi connectivity index (χ0) is 10.8. The molecule has 1 unspecified atom stereocenters. The molecule has 82 valence electrons. The summed E-state index contributed by atoms with van der Waals surface area (Å²) in [5.74, 6) is -1.59. The minimum Gasteiger partial charge on any atom is -0.479 e. The quantitative estimate of drug-likeness (QED) is 0.714. The van der Waals surface area contributed by atoms with Crippen molar-refractivity contribution in [1.82, 2.24) is 0 Å². The van der Waals surface area contributed by atoms with Gasteiger partial charge in [0.15, 0.2) is 0 Å². The molecular formula is C9H15FO4. The number of hydrogen-bond donors (Lipinski definition) is 2. The van der Waals surface area contributed by atoms with Crippen molar-refractivity contribution in [3.8, 4) is 0 Å². The number of methoxy groups -OCH3 is 1. The molecule has 1 atom stereocenters. The number of alkyl halides is 1. The number of carboxylic acids is 1. The van der Waals surface area contributed by atoms with Crippen molar-refractivity contribution < 1.29 is 24.1 Å². The first-order chi connectivity index (χ1) is 6.49. The number of aliphatic carboxylic acids is 1. The summed E-state index contributed by atoms with van der Waals surface area (Å²) in [5, 5.41) is 18.2. The topological polar surface area (TPSA) is 66.8 Å². The number of ether oxygens (including phenoxy) is 1. The van der Waals surface area contributed by atoms with Crippen LogP contribution in [0.3, 0.4) is 0 Å². The van der Waals surface area contributed by atoms with Crippen LogP contribution >= 0.6 is 0 Å². The van der Waals surface area contributed by atoms with Crippen molar-refractivity contribution in [2.45, 2.75) is 43.6 Å². The average Bonchev–Trinajstić information content (AvgIpc) is 2.18. The number of hydrogen-bond acceptors (Lipinski definition) is 3. The van der Waals surface area contributed by atoms with Gasteiger partial charge in [0.05, 0.1) is 6.10 Å². The fraction of sp³-hybridized carbons (Fsp3) is 0.889. The first-order valence-electron chi connectivity index (χ1n) is 4.61. The molecule has 0 amide bonds. The van der Waals surface area contributed by atoms with Crippen LogP contribution in [0, 0.1) is 0 Å². The zero-order valence-corrected chi connectivity index (χ0v) is 8.07.